The van der Waals surface area contributed by atoms with Gasteiger partial charge in [-0.2, -0.15) is 9.57 Å². The van der Waals surface area contributed by atoms with Crippen LogP contribution in [0.15, 0.2) is 35.5 Å². The van der Waals surface area contributed by atoms with Crippen LogP contribution in [0.4, 0.5) is 0 Å². The molecule has 2 aliphatic heterocycles. The Bertz CT molecular complexity index is 986. The summed E-state index contributed by atoms with van der Waals surface area (Å²) < 4.78 is 38.3. The SMILES string of the molecule is N#Cc1nccnc1OC1CCN(S(=O)(=O)c2ccc3c(c2)CCO3)C1. The summed E-state index contributed by atoms with van der Waals surface area (Å²) >= 11 is 0. The van der Waals surface area contributed by atoms with E-state index in [0.29, 0.717) is 26.0 Å². The Morgan fingerprint density at radius 2 is 2.15 bits per heavy atom. The van der Waals surface area contributed by atoms with Crippen LogP contribution in [0, 0.1) is 11.3 Å². The summed E-state index contributed by atoms with van der Waals surface area (Å²) in [5.41, 5.74) is 1.00. The molecule has 0 saturated carbocycles. The van der Waals surface area contributed by atoms with Gasteiger partial charge in [0.25, 0.3) is 5.88 Å². The average Bonchev–Trinajstić information content (AvgIpc) is 3.31. The topological polar surface area (TPSA) is 105 Å². The van der Waals surface area contributed by atoms with Crippen LogP contribution >= 0.6 is 0 Å². The largest absolute Gasteiger partial charge is 0.493 e. The van der Waals surface area contributed by atoms with Crippen molar-refractivity contribution in [1.82, 2.24) is 14.3 Å². The van der Waals surface area contributed by atoms with Crippen LogP contribution in [0.25, 0.3) is 0 Å². The molecule has 1 unspecified atom stereocenters. The third-order valence-electron chi connectivity index (χ3n) is 4.46. The van der Waals surface area contributed by atoms with E-state index in [1.165, 1.54) is 16.7 Å². The Morgan fingerprint density at radius 1 is 1.31 bits per heavy atom. The zero-order valence-corrected chi connectivity index (χ0v) is 14.6. The van der Waals surface area contributed by atoms with Crippen molar-refractivity contribution in [2.75, 3.05) is 19.7 Å². The van der Waals surface area contributed by atoms with Gasteiger partial charge in [0.1, 0.15) is 17.9 Å². The second-order valence-electron chi connectivity index (χ2n) is 6.08. The second kappa shape index (κ2) is 6.55. The molecule has 1 aromatic heterocycles. The van der Waals surface area contributed by atoms with Crippen molar-refractivity contribution in [3.63, 3.8) is 0 Å². The molecule has 2 aliphatic rings. The lowest BCUT2D eigenvalue weighted by Gasteiger charge is -2.17. The fourth-order valence-electron chi connectivity index (χ4n) is 3.13. The van der Waals surface area contributed by atoms with Crippen molar-refractivity contribution in [3.8, 4) is 17.7 Å². The van der Waals surface area contributed by atoms with Crippen molar-refractivity contribution in [2.24, 2.45) is 0 Å². The Balaban J connectivity index is 1.50. The first-order valence-electron chi connectivity index (χ1n) is 8.21. The highest BCUT2D eigenvalue weighted by atomic mass is 32.2. The molecule has 0 N–H and O–H groups in total. The summed E-state index contributed by atoms with van der Waals surface area (Å²) in [6, 6.07) is 6.88. The first-order chi connectivity index (χ1) is 12.6. The maximum absolute atomic E-state index is 12.9. The van der Waals surface area contributed by atoms with Crippen molar-refractivity contribution < 1.29 is 17.9 Å². The maximum atomic E-state index is 12.9. The minimum atomic E-state index is -3.60. The Hall–Kier alpha value is -2.70. The van der Waals surface area contributed by atoms with E-state index in [0.717, 1.165) is 11.3 Å². The molecule has 134 valence electrons. The highest BCUT2D eigenvalue weighted by Gasteiger charge is 2.34. The molecule has 8 nitrogen and oxygen atoms in total. The lowest BCUT2D eigenvalue weighted by atomic mass is 10.2. The zero-order valence-electron chi connectivity index (χ0n) is 13.8. The monoisotopic (exact) mass is 372 g/mol. The van der Waals surface area contributed by atoms with Gasteiger partial charge in [-0.3, -0.25) is 0 Å². The molecule has 9 heteroatoms. The molecule has 0 radical (unpaired) electrons. The van der Waals surface area contributed by atoms with Gasteiger partial charge in [0.15, 0.2) is 0 Å². The predicted molar refractivity (Wildman–Crippen MR) is 90.2 cm³/mol. The normalized spacial score (nSPS) is 19.6. The summed E-state index contributed by atoms with van der Waals surface area (Å²) in [6.07, 6.45) is 3.72. The molecule has 1 fully saturated rings. The van der Waals surface area contributed by atoms with Gasteiger partial charge in [-0.1, -0.05) is 0 Å². The van der Waals surface area contributed by atoms with Crippen LogP contribution in [0.5, 0.6) is 11.6 Å². The van der Waals surface area contributed by atoms with Gasteiger partial charge in [-0.15, -0.1) is 0 Å². The van der Waals surface area contributed by atoms with Crippen molar-refractivity contribution >= 4 is 10.0 Å². The molecule has 1 atom stereocenters. The number of nitriles is 1. The van der Waals surface area contributed by atoms with Crippen LogP contribution in [-0.2, 0) is 16.4 Å². The fourth-order valence-corrected chi connectivity index (χ4v) is 4.67. The van der Waals surface area contributed by atoms with E-state index in [1.54, 1.807) is 18.2 Å². The lowest BCUT2D eigenvalue weighted by molar-refractivity contribution is 0.205. The van der Waals surface area contributed by atoms with Gasteiger partial charge in [0.2, 0.25) is 15.7 Å². The third-order valence-corrected chi connectivity index (χ3v) is 6.32. The van der Waals surface area contributed by atoms with Gasteiger partial charge >= 0.3 is 0 Å². The molecule has 0 spiro atoms. The number of aromatic nitrogens is 2. The molecular weight excluding hydrogens is 356 g/mol. The fraction of sp³-hybridized carbons (Fsp3) is 0.353. The van der Waals surface area contributed by atoms with E-state index in [2.05, 4.69) is 9.97 Å². The molecule has 1 aromatic carbocycles. The Labute approximate surface area is 151 Å². The van der Waals surface area contributed by atoms with E-state index in [4.69, 9.17) is 14.7 Å². The van der Waals surface area contributed by atoms with E-state index in [1.807, 2.05) is 6.07 Å². The van der Waals surface area contributed by atoms with Crippen LogP contribution in [0.3, 0.4) is 0 Å². The van der Waals surface area contributed by atoms with Gasteiger partial charge in [0, 0.05) is 25.4 Å². The van der Waals surface area contributed by atoms with E-state index < -0.39 is 10.0 Å². The van der Waals surface area contributed by atoms with Crippen LogP contribution in [0.1, 0.15) is 17.7 Å². The first kappa shape index (κ1) is 16.8. The lowest BCUT2D eigenvalue weighted by Crippen LogP contribution is -2.31. The van der Waals surface area contributed by atoms with E-state index in [9.17, 15) is 8.42 Å². The first-order valence-corrected chi connectivity index (χ1v) is 9.65. The Morgan fingerprint density at radius 3 is 3.00 bits per heavy atom. The predicted octanol–water partition coefficient (Wildman–Crippen LogP) is 1.13. The quantitative estimate of drug-likeness (QED) is 0.792. The Kier molecular flexibility index (Phi) is 4.22. The minimum Gasteiger partial charge on any atom is -0.493 e. The van der Waals surface area contributed by atoms with Gasteiger partial charge < -0.3 is 9.47 Å². The number of nitrogens with zero attached hydrogens (tertiary/aromatic N) is 4. The van der Waals surface area contributed by atoms with Crippen LogP contribution < -0.4 is 9.47 Å². The summed E-state index contributed by atoms with van der Waals surface area (Å²) in [4.78, 5) is 8.17. The van der Waals surface area contributed by atoms with Gasteiger partial charge in [-0.05, 0) is 30.2 Å². The summed E-state index contributed by atoms with van der Waals surface area (Å²) in [7, 11) is -3.60. The number of hydrogen-bond acceptors (Lipinski definition) is 7. The molecule has 4 rings (SSSR count). The summed E-state index contributed by atoms with van der Waals surface area (Å²) in [5, 5.41) is 9.05. The molecular formula is C17H16N4O4S. The minimum absolute atomic E-state index is 0.0902. The smallest absolute Gasteiger partial charge is 0.251 e. The average molecular weight is 372 g/mol. The van der Waals surface area contributed by atoms with Crippen LogP contribution in [0.2, 0.25) is 0 Å². The highest BCUT2D eigenvalue weighted by Crippen LogP contribution is 2.30. The molecule has 3 heterocycles. The van der Waals surface area contributed by atoms with Crippen molar-refractivity contribution in [2.45, 2.75) is 23.8 Å². The molecule has 0 aliphatic carbocycles. The third kappa shape index (κ3) is 2.98. The molecule has 1 saturated heterocycles. The highest BCUT2D eigenvalue weighted by molar-refractivity contribution is 7.89. The molecule has 2 aromatic rings. The van der Waals surface area contributed by atoms with Crippen LogP contribution in [-0.4, -0.2) is 48.5 Å². The van der Waals surface area contributed by atoms with E-state index in [-0.39, 0.29) is 29.1 Å². The standard InChI is InChI=1S/C17H16N4O4S/c18-10-15-17(20-6-5-19-15)25-13-3-7-21(11-13)26(22,23)14-1-2-16-12(9-14)4-8-24-16/h1-2,5-6,9,13H,3-4,7-8,11H2. The van der Waals surface area contributed by atoms with Gasteiger partial charge in [-0.25, -0.2) is 18.4 Å². The van der Waals surface area contributed by atoms with Gasteiger partial charge in [0.05, 0.1) is 18.0 Å². The van der Waals surface area contributed by atoms with E-state index >= 15 is 0 Å². The second-order valence-corrected chi connectivity index (χ2v) is 8.02. The molecule has 0 bridgehead atoms. The number of fused-ring (bicyclic) bond motifs is 1. The molecule has 0 amide bonds. The number of ether oxygens (including phenoxy) is 2. The molecule has 26 heavy (non-hydrogen) atoms. The number of sulfonamides is 1. The number of benzene rings is 1. The summed E-state index contributed by atoms with van der Waals surface area (Å²) in [5.74, 6) is 0.882. The maximum Gasteiger partial charge on any atom is 0.251 e. The van der Waals surface area contributed by atoms with Crippen molar-refractivity contribution in [1.29, 1.82) is 5.26 Å². The number of rotatable bonds is 4. The number of hydrogen-bond donors (Lipinski definition) is 0. The van der Waals surface area contributed by atoms with Crippen molar-refractivity contribution in [3.05, 3.63) is 41.9 Å². The summed E-state index contributed by atoms with van der Waals surface area (Å²) in [6.45, 7) is 1.14. The zero-order chi connectivity index (χ0) is 18.1.